The minimum absolute atomic E-state index is 0.0508. The molecule has 5 nitrogen and oxygen atoms in total. The predicted octanol–water partition coefficient (Wildman–Crippen LogP) is 5.59. The van der Waals surface area contributed by atoms with Crippen LogP contribution in [0, 0.1) is 19.7 Å². The lowest BCUT2D eigenvalue weighted by Gasteiger charge is -2.21. The topological polar surface area (TPSA) is 56.1 Å². The molecule has 2 aromatic carbocycles. The van der Waals surface area contributed by atoms with Crippen LogP contribution in [0.2, 0.25) is 0 Å². The second-order valence-corrected chi connectivity index (χ2v) is 8.46. The SMILES string of the molecule is COc1ccc(C(C)(C)C)cc1NC(=O)/C=C/c1c(C)nn(-c2ccc(F)cc2)c1C. The Kier molecular flexibility index (Phi) is 6.29. The number of carbonyl (C=O) groups is 1. The standard InChI is InChI=1S/C25H28FN3O2/c1-16-21(17(2)29(28-16)20-10-8-19(26)9-11-20)12-14-24(30)27-22-15-18(25(3,4)5)7-13-23(22)31-6/h7-15H,1-6H3,(H,27,30)/b14-12+. The molecule has 0 spiro atoms. The van der Waals surface area contributed by atoms with Crippen LogP contribution in [0.15, 0.2) is 48.5 Å². The number of hydrogen-bond donors (Lipinski definition) is 1. The molecule has 31 heavy (non-hydrogen) atoms. The van der Waals surface area contributed by atoms with E-state index in [2.05, 4.69) is 31.2 Å². The molecular formula is C25H28FN3O2. The third kappa shape index (κ3) is 5.02. The molecule has 3 aromatic rings. The van der Waals surface area contributed by atoms with Crippen LogP contribution in [0.5, 0.6) is 5.75 Å². The zero-order valence-corrected chi connectivity index (χ0v) is 18.8. The summed E-state index contributed by atoms with van der Waals surface area (Å²) >= 11 is 0. The summed E-state index contributed by atoms with van der Waals surface area (Å²) in [6.07, 6.45) is 3.22. The van der Waals surface area contributed by atoms with E-state index in [1.54, 1.807) is 30.0 Å². The number of halogens is 1. The highest BCUT2D eigenvalue weighted by Crippen LogP contribution is 2.31. The maximum atomic E-state index is 13.2. The molecule has 0 saturated carbocycles. The van der Waals surface area contributed by atoms with Gasteiger partial charge in [0.2, 0.25) is 5.91 Å². The average molecular weight is 422 g/mol. The van der Waals surface area contributed by atoms with Gasteiger partial charge in [-0.3, -0.25) is 4.79 Å². The van der Waals surface area contributed by atoms with Crippen LogP contribution >= 0.6 is 0 Å². The van der Waals surface area contributed by atoms with Crippen LogP contribution in [-0.2, 0) is 10.2 Å². The summed E-state index contributed by atoms with van der Waals surface area (Å²) in [7, 11) is 1.58. The van der Waals surface area contributed by atoms with Crippen molar-refractivity contribution >= 4 is 17.7 Å². The van der Waals surface area contributed by atoms with Gasteiger partial charge in [0.05, 0.1) is 24.2 Å². The maximum absolute atomic E-state index is 13.2. The quantitative estimate of drug-likeness (QED) is 0.547. The van der Waals surface area contributed by atoms with Gasteiger partial charge in [-0.2, -0.15) is 5.10 Å². The zero-order chi connectivity index (χ0) is 22.8. The first kappa shape index (κ1) is 22.3. The summed E-state index contributed by atoms with van der Waals surface area (Å²) in [6.45, 7) is 10.1. The van der Waals surface area contributed by atoms with Crippen LogP contribution in [-0.4, -0.2) is 22.8 Å². The van der Waals surface area contributed by atoms with Crippen LogP contribution in [0.1, 0.15) is 43.3 Å². The van der Waals surface area contributed by atoms with E-state index in [0.717, 1.165) is 28.2 Å². The number of benzene rings is 2. The number of anilines is 1. The fourth-order valence-corrected chi connectivity index (χ4v) is 3.34. The van der Waals surface area contributed by atoms with Gasteiger partial charge in [0, 0.05) is 17.3 Å². The Morgan fingerprint density at radius 3 is 2.42 bits per heavy atom. The Balaban J connectivity index is 1.83. The van der Waals surface area contributed by atoms with E-state index in [0.29, 0.717) is 11.4 Å². The summed E-state index contributed by atoms with van der Waals surface area (Å²) in [5, 5.41) is 7.44. The first-order chi connectivity index (χ1) is 14.6. The molecule has 0 atom stereocenters. The molecule has 6 heteroatoms. The third-order valence-corrected chi connectivity index (χ3v) is 5.14. The van der Waals surface area contributed by atoms with Gasteiger partial charge in [0.1, 0.15) is 11.6 Å². The third-order valence-electron chi connectivity index (χ3n) is 5.14. The lowest BCUT2D eigenvalue weighted by atomic mass is 9.87. The number of aryl methyl sites for hydroxylation is 1. The Morgan fingerprint density at radius 1 is 1.13 bits per heavy atom. The molecular weight excluding hydrogens is 393 g/mol. The number of nitrogens with zero attached hydrogens (tertiary/aromatic N) is 2. The van der Waals surface area contributed by atoms with E-state index in [-0.39, 0.29) is 17.1 Å². The highest BCUT2D eigenvalue weighted by Gasteiger charge is 2.17. The molecule has 0 aliphatic carbocycles. The first-order valence-electron chi connectivity index (χ1n) is 10.1. The molecule has 0 aliphatic heterocycles. The van der Waals surface area contributed by atoms with Gasteiger partial charge in [-0.25, -0.2) is 9.07 Å². The molecule has 0 fully saturated rings. The van der Waals surface area contributed by atoms with E-state index in [9.17, 15) is 9.18 Å². The number of ether oxygens (including phenoxy) is 1. The summed E-state index contributed by atoms with van der Waals surface area (Å²) in [5.41, 5.74) is 4.91. The van der Waals surface area contributed by atoms with E-state index < -0.39 is 0 Å². The monoisotopic (exact) mass is 421 g/mol. The zero-order valence-electron chi connectivity index (χ0n) is 18.8. The van der Waals surface area contributed by atoms with E-state index in [1.165, 1.54) is 18.2 Å². The highest BCUT2D eigenvalue weighted by molar-refractivity contribution is 6.03. The van der Waals surface area contributed by atoms with Crippen molar-refractivity contribution in [2.24, 2.45) is 0 Å². The molecule has 162 valence electrons. The molecule has 0 aliphatic rings. The van der Waals surface area contributed by atoms with Crippen molar-refractivity contribution in [1.29, 1.82) is 0 Å². The number of aromatic nitrogens is 2. The number of hydrogen-bond acceptors (Lipinski definition) is 3. The second kappa shape index (κ2) is 8.76. The fourth-order valence-electron chi connectivity index (χ4n) is 3.34. The molecule has 3 rings (SSSR count). The number of methoxy groups -OCH3 is 1. The fraction of sp³-hybridized carbons (Fsp3) is 0.280. The van der Waals surface area contributed by atoms with E-state index in [4.69, 9.17) is 4.74 Å². The number of rotatable bonds is 5. The van der Waals surface area contributed by atoms with Crippen LogP contribution < -0.4 is 10.1 Å². The first-order valence-corrected chi connectivity index (χ1v) is 10.1. The van der Waals surface area contributed by atoms with Crippen LogP contribution in [0.25, 0.3) is 11.8 Å². The van der Waals surface area contributed by atoms with Crippen molar-refractivity contribution in [2.45, 2.75) is 40.0 Å². The smallest absolute Gasteiger partial charge is 0.248 e. The van der Waals surface area contributed by atoms with Crippen molar-refractivity contribution in [3.8, 4) is 11.4 Å². The van der Waals surface area contributed by atoms with Gasteiger partial charge >= 0.3 is 0 Å². The van der Waals surface area contributed by atoms with Gasteiger partial charge < -0.3 is 10.1 Å². The van der Waals surface area contributed by atoms with Gasteiger partial charge in [0.25, 0.3) is 0 Å². The predicted molar refractivity (Wildman–Crippen MR) is 122 cm³/mol. The van der Waals surface area contributed by atoms with Crippen molar-refractivity contribution in [2.75, 3.05) is 12.4 Å². The second-order valence-electron chi connectivity index (χ2n) is 8.46. The van der Waals surface area contributed by atoms with Crippen molar-refractivity contribution in [3.05, 3.63) is 76.9 Å². The molecule has 0 radical (unpaired) electrons. The number of nitrogens with one attached hydrogen (secondary N) is 1. The normalized spacial score (nSPS) is 11.7. The maximum Gasteiger partial charge on any atom is 0.248 e. The largest absolute Gasteiger partial charge is 0.495 e. The van der Waals surface area contributed by atoms with Gasteiger partial charge in [-0.1, -0.05) is 26.8 Å². The molecule has 1 aromatic heterocycles. The molecule has 0 unspecified atom stereocenters. The lowest BCUT2D eigenvalue weighted by Crippen LogP contribution is -2.14. The van der Waals surface area contributed by atoms with Gasteiger partial charge in [-0.05, 0) is 67.3 Å². The summed E-state index contributed by atoms with van der Waals surface area (Å²) in [5.74, 6) is 0.0389. The van der Waals surface area contributed by atoms with Crippen molar-refractivity contribution in [1.82, 2.24) is 9.78 Å². The molecule has 0 saturated heterocycles. The van der Waals surface area contributed by atoms with E-state index in [1.807, 2.05) is 32.0 Å². The minimum atomic E-state index is -0.298. The summed E-state index contributed by atoms with van der Waals surface area (Å²) < 4.78 is 20.4. The highest BCUT2D eigenvalue weighted by atomic mass is 19.1. The van der Waals surface area contributed by atoms with Crippen LogP contribution in [0.4, 0.5) is 10.1 Å². The number of carbonyl (C=O) groups excluding carboxylic acids is 1. The average Bonchev–Trinajstić information content (AvgIpc) is 3.00. The Hall–Kier alpha value is -3.41. The van der Waals surface area contributed by atoms with Crippen molar-refractivity contribution < 1.29 is 13.9 Å². The summed E-state index contributed by atoms with van der Waals surface area (Å²) in [6, 6.07) is 11.9. The molecule has 0 bridgehead atoms. The Bertz CT molecular complexity index is 1120. The minimum Gasteiger partial charge on any atom is -0.495 e. The molecule has 1 amide bonds. The lowest BCUT2D eigenvalue weighted by molar-refractivity contribution is -0.111. The molecule has 1 heterocycles. The van der Waals surface area contributed by atoms with Gasteiger partial charge in [-0.15, -0.1) is 0 Å². The Morgan fingerprint density at radius 2 is 1.81 bits per heavy atom. The molecule has 1 N–H and O–H groups in total. The summed E-state index contributed by atoms with van der Waals surface area (Å²) in [4.78, 5) is 12.6. The van der Waals surface area contributed by atoms with Crippen LogP contribution in [0.3, 0.4) is 0 Å². The van der Waals surface area contributed by atoms with Gasteiger partial charge in [0.15, 0.2) is 0 Å². The Labute approximate surface area is 182 Å². The number of amides is 1. The van der Waals surface area contributed by atoms with E-state index >= 15 is 0 Å². The van der Waals surface area contributed by atoms with Crippen molar-refractivity contribution in [3.63, 3.8) is 0 Å².